The summed E-state index contributed by atoms with van der Waals surface area (Å²) >= 11 is 2.43. The maximum absolute atomic E-state index is 5.01. The molecule has 0 spiro atoms. The summed E-state index contributed by atoms with van der Waals surface area (Å²) in [6.07, 6.45) is 9.21. The molecule has 2 unspecified atom stereocenters. The average Bonchev–Trinajstić information content (AvgIpc) is 3.34. The maximum atomic E-state index is 5.01. The molecule has 0 aliphatic heterocycles. The van der Waals surface area contributed by atoms with Crippen molar-refractivity contribution in [2.75, 3.05) is 11.9 Å². The molecule has 3 nitrogen and oxygen atoms in total. The van der Waals surface area contributed by atoms with Crippen molar-refractivity contribution in [3.8, 4) is 0 Å². The van der Waals surface area contributed by atoms with E-state index in [-0.39, 0.29) is 0 Å². The zero-order valence-corrected chi connectivity index (χ0v) is 15.3. The lowest BCUT2D eigenvalue weighted by Crippen LogP contribution is -2.18. The van der Waals surface area contributed by atoms with Crippen molar-refractivity contribution in [2.24, 2.45) is 5.92 Å². The Kier molecular flexibility index (Phi) is 5.02. The van der Waals surface area contributed by atoms with Crippen LogP contribution < -0.4 is 5.32 Å². The van der Waals surface area contributed by atoms with E-state index in [2.05, 4.69) is 41.8 Å². The minimum atomic E-state index is 0.579. The number of halogens is 1. The molecule has 1 heterocycles. The van der Waals surface area contributed by atoms with Gasteiger partial charge in [0.2, 0.25) is 0 Å². The Hall–Kier alpha value is -0.390. The third kappa shape index (κ3) is 3.51. The zero-order chi connectivity index (χ0) is 14.8. The fourth-order valence-electron chi connectivity index (χ4n) is 3.47. The highest BCUT2D eigenvalue weighted by Crippen LogP contribution is 2.44. The highest BCUT2D eigenvalue weighted by Gasteiger charge is 2.31. The van der Waals surface area contributed by atoms with Crippen LogP contribution in [0.4, 0.5) is 5.82 Å². The van der Waals surface area contributed by atoms with E-state index in [9.17, 15) is 0 Å². The molecule has 1 N–H and O–H groups in total. The number of hydrogen-bond acceptors (Lipinski definition) is 3. The minimum Gasteiger partial charge on any atom is -0.369 e. The highest BCUT2D eigenvalue weighted by molar-refractivity contribution is 14.1. The van der Waals surface area contributed by atoms with Gasteiger partial charge < -0.3 is 5.32 Å². The highest BCUT2D eigenvalue weighted by atomic mass is 127. The van der Waals surface area contributed by atoms with Crippen molar-refractivity contribution in [3.63, 3.8) is 0 Å². The fourth-order valence-corrected chi connectivity index (χ4v) is 4.35. The number of anilines is 1. The molecule has 0 aromatic carbocycles. The van der Waals surface area contributed by atoms with Crippen molar-refractivity contribution in [3.05, 3.63) is 15.1 Å². The molecule has 2 aliphatic carbocycles. The van der Waals surface area contributed by atoms with E-state index in [1.165, 1.54) is 54.2 Å². The Morgan fingerprint density at radius 2 is 1.90 bits per heavy atom. The van der Waals surface area contributed by atoms with Gasteiger partial charge in [0.15, 0.2) is 0 Å². The molecule has 3 rings (SSSR count). The SMILES string of the molecule is CCNc1nc(C2CCCC(CC)C2)nc(C2CC2)c1I. The van der Waals surface area contributed by atoms with Crippen LogP contribution in [-0.4, -0.2) is 16.5 Å². The van der Waals surface area contributed by atoms with Crippen LogP contribution in [0, 0.1) is 9.49 Å². The van der Waals surface area contributed by atoms with E-state index >= 15 is 0 Å². The van der Waals surface area contributed by atoms with Crippen molar-refractivity contribution in [2.45, 2.75) is 70.6 Å². The van der Waals surface area contributed by atoms with Crippen molar-refractivity contribution in [1.82, 2.24) is 9.97 Å². The number of nitrogens with one attached hydrogen (secondary N) is 1. The van der Waals surface area contributed by atoms with Gasteiger partial charge in [-0.15, -0.1) is 0 Å². The first-order chi connectivity index (χ1) is 10.2. The zero-order valence-electron chi connectivity index (χ0n) is 13.2. The van der Waals surface area contributed by atoms with Crippen molar-refractivity contribution >= 4 is 28.4 Å². The molecule has 0 bridgehead atoms. The fraction of sp³-hybridized carbons (Fsp3) is 0.765. The van der Waals surface area contributed by atoms with Crippen molar-refractivity contribution < 1.29 is 0 Å². The Morgan fingerprint density at radius 3 is 2.57 bits per heavy atom. The molecule has 2 aliphatic rings. The Morgan fingerprint density at radius 1 is 1.10 bits per heavy atom. The minimum absolute atomic E-state index is 0.579. The van der Waals surface area contributed by atoms with Gasteiger partial charge in [0.1, 0.15) is 11.6 Å². The Bertz CT molecular complexity index is 499. The number of hydrogen-bond donors (Lipinski definition) is 1. The second-order valence-electron chi connectivity index (χ2n) is 6.57. The summed E-state index contributed by atoms with van der Waals surface area (Å²) in [4.78, 5) is 9.91. The summed E-state index contributed by atoms with van der Waals surface area (Å²) in [5.74, 6) is 4.34. The predicted octanol–water partition coefficient (Wildman–Crippen LogP) is 5.07. The lowest BCUT2D eigenvalue weighted by atomic mass is 9.80. The van der Waals surface area contributed by atoms with E-state index in [0.29, 0.717) is 11.8 Å². The number of aromatic nitrogens is 2. The molecule has 4 heteroatoms. The molecule has 0 amide bonds. The summed E-state index contributed by atoms with van der Waals surface area (Å²) in [6.45, 7) is 5.39. The number of nitrogens with zero attached hydrogens (tertiary/aromatic N) is 2. The lowest BCUT2D eigenvalue weighted by molar-refractivity contribution is 0.307. The summed E-state index contributed by atoms with van der Waals surface area (Å²) in [5, 5.41) is 3.44. The van der Waals surface area contributed by atoms with Gasteiger partial charge in [-0.05, 0) is 61.1 Å². The molecule has 2 atom stereocenters. The summed E-state index contributed by atoms with van der Waals surface area (Å²) in [5.41, 5.74) is 1.31. The molecule has 2 saturated carbocycles. The van der Waals surface area contributed by atoms with Crippen LogP contribution in [0.25, 0.3) is 0 Å². The van der Waals surface area contributed by atoms with Gasteiger partial charge in [-0.2, -0.15) is 0 Å². The molecule has 1 aromatic rings. The second-order valence-corrected chi connectivity index (χ2v) is 7.65. The van der Waals surface area contributed by atoms with E-state index < -0.39 is 0 Å². The lowest BCUT2D eigenvalue weighted by Gasteiger charge is -2.28. The van der Waals surface area contributed by atoms with Gasteiger partial charge in [0.25, 0.3) is 0 Å². The molecule has 21 heavy (non-hydrogen) atoms. The van der Waals surface area contributed by atoms with Crippen LogP contribution in [0.5, 0.6) is 0 Å². The average molecular weight is 399 g/mol. The third-order valence-electron chi connectivity index (χ3n) is 4.93. The quantitative estimate of drug-likeness (QED) is 0.703. The molecular weight excluding hydrogens is 373 g/mol. The maximum Gasteiger partial charge on any atom is 0.143 e. The Balaban J connectivity index is 1.90. The summed E-state index contributed by atoms with van der Waals surface area (Å²) in [6, 6.07) is 0. The van der Waals surface area contributed by atoms with Crippen LogP contribution in [0.2, 0.25) is 0 Å². The molecule has 0 radical (unpaired) electrons. The summed E-state index contributed by atoms with van der Waals surface area (Å²) < 4.78 is 1.25. The van der Waals surface area contributed by atoms with E-state index in [1.54, 1.807) is 0 Å². The predicted molar refractivity (Wildman–Crippen MR) is 95.9 cm³/mol. The van der Waals surface area contributed by atoms with Crippen LogP contribution in [0.1, 0.15) is 82.1 Å². The first-order valence-electron chi connectivity index (χ1n) is 8.54. The molecule has 2 fully saturated rings. The van der Waals surface area contributed by atoms with Gasteiger partial charge >= 0.3 is 0 Å². The van der Waals surface area contributed by atoms with Gasteiger partial charge in [0.05, 0.1) is 9.26 Å². The van der Waals surface area contributed by atoms with E-state index in [0.717, 1.165) is 24.1 Å². The first-order valence-corrected chi connectivity index (χ1v) is 9.62. The van der Waals surface area contributed by atoms with Crippen LogP contribution in [0.15, 0.2) is 0 Å². The van der Waals surface area contributed by atoms with E-state index in [4.69, 9.17) is 9.97 Å². The van der Waals surface area contributed by atoms with Gasteiger partial charge in [-0.25, -0.2) is 9.97 Å². The Labute approximate surface area is 141 Å². The summed E-state index contributed by atoms with van der Waals surface area (Å²) in [7, 11) is 0. The standard InChI is InChI=1S/C17H26IN3/c1-3-11-6-5-7-13(10-11)16-20-15(12-8-9-12)14(18)17(21-16)19-4-2/h11-13H,3-10H2,1-2H3,(H,19,20,21). The molecule has 116 valence electrons. The number of rotatable bonds is 5. The van der Waals surface area contributed by atoms with Crippen LogP contribution in [0.3, 0.4) is 0 Å². The van der Waals surface area contributed by atoms with Crippen LogP contribution >= 0.6 is 22.6 Å². The van der Waals surface area contributed by atoms with Gasteiger partial charge in [0, 0.05) is 18.4 Å². The normalized spacial score (nSPS) is 25.9. The molecule has 1 aromatic heterocycles. The third-order valence-corrected chi connectivity index (χ3v) is 5.99. The second kappa shape index (κ2) is 6.80. The van der Waals surface area contributed by atoms with Gasteiger partial charge in [-0.3, -0.25) is 0 Å². The monoisotopic (exact) mass is 399 g/mol. The van der Waals surface area contributed by atoms with Crippen LogP contribution in [-0.2, 0) is 0 Å². The van der Waals surface area contributed by atoms with Gasteiger partial charge in [-0.1, -0.05) is 26.2 Å². The first kappa shape index (κ1) is 15.5. The molecular formula is C17H26IN3. The van der Waals surface area contributed by atoms with Crippen molar-refractivity contribution in [1.29, 1.82) is 0 Å². The van der Waals surface area contributed by atoms with E-state index in [1.807, 2.05) is 0 Å². The largest absolute Gasteiger partial charge is 0.369 e. The molecule has 0 saturated heterocycles. The smallest absolute Gasteiger partial charge is 0.143 e. The topological polar surface area (TPSA) is 37.8 Å².